The Labute approximate surface area is 158 Å². The Morgan fingerprint density at radius 2 is 1.63 bits per heavy atom. The number of anilines is 1. The van der Waals surface area contributed by atoms with Gasteiger partial charge >= 0.3 is 11.9 Å². The third kappa shape index (κ3) is 5.55. The summed E-state index contributed by atoms with van der Waals surface area (Å²) in [4.78, 5) is 23.3. The summed E-state index contributed by atoms with van der Waals surface area (Å²) in [6, 6.07) is 10.8. The Hall–Kier alpha value is -2.87. The van der Waals surface area contributed by atoms with Crippen LogP contribution >= 0.6 is 0 Å². The van der Waals surface area contributed by atoms with E-state index in [1.807, 2.05) is 0 Å². The molecule has 2 aromatic rings. The minimum absolute atomic E-state index is 0.231. The zero-order valence-electron chi connectivity index (χ0n) is 15.3. The molecule has 0 radical (unpaired) electrons. The third-order valence-corrected chi connectivity index (χ3v) is 4.99. The first-order valence-electron chi connectivity index (χ1n) is 8.21. The molecule has 27 heavy (non-hydrogen) atoms. The van der Waals surface area contributed by atoms with Crippen molar-refractivity contribution in [1.29, 1.82) is 0 Å². The lowest BCUT2D eigenvalue weighted by Gasteiger charge is -2.12. The van der Waals surface area contributed by atoms with Gasteiger partial charge in [-0.3, -0.25) is 4.72 Å². The van der Waals surface area contributed by atoms with Gasteiger partial charge in [-0.2, -0.15) is 0 Å². The van der Waals surface area contributed by atoms with E-state index in [1.54, 1.807) is 38.1 Å². The van der Waals surface area contributed by atoms with Crippen molar-refractivity contribution in [3.05, 3.63) is 64.7 Å². The molecular weight excluding hydrogens is 370 g/mol. The van der Waals surface area contributed by atoms with Crippen LogP contribution in [0.25, 0.3) is 0 Å². The summed E-state index contributed by atoms with van der Waals surface area (Å²) in [7, 11) is -2.45. The van der Waals surface area contributed by atoms with Crippen molar-refractivity contribution in [3.63, 3.8) is 0 Å². The summed E-state index contributed by atoms with van der Waals surface area (Å²) in [6.45, 7) is 3.66. The number of carbonyl (C=O) groups is 2. The van der Waals surface area contributed by atoms with Gasteiger partial charge in [0.25, 0.3) is 0 Å². The topological polar surface area (TPSA) is 98.8 Å². The molecule has 0 aromatic heterocycles. The molecule has 7 nitrogen and oxygen atoms in total. The number of hydrogen-bond donors (Lipinski definition) is 1. The summed E-state index contributed by atoms with van der Waals surface area (Å²) < 4.78 is 37.0. The van der Waals surface area contributed by atoms with Crippen molar-refractivity contribution in [1.82, 2.24) is 0 Å². The van der Waals surface area contributed by atoms with E-state index in [9.17, 15) is 18.0 Å². The Morgan fingerprint density at radius 3 is 2.22 bits per heavy atom. The molecule has 0 atom stereocenters. The summed E-state index contributed by atoms with van der Waals surface area (Å²) in [6.07, 6.45) is 0. The highest BCUT2D eigenvalue weighted by molar-refractivity contribution is 7.91. The van der Waals surface area contributed by atoms with Gasteiger partial charge in [-0.25, -0.2) is 18.0 Å². The van der Waals surface area contributed by atoms with Crippen molar-refractivity contribution in [2.75, 3.05) is 18.4 Å². The Bertz CT molecular complexity index is 935. The van der Waals surface area contributed by atoms with Gasteiger partial charge in [-0.15, -0.1) is 0 Å². The molecule has 0 aliphatic carbocycles. The highest BCUT2D eigenvalue weighted by atomic mass is 32.2. The van der Waals surface area contributed by atoms with E-state index in [0.29, 0.717) is 22.4 Å². The number of hydrogen-bond acceptors (Lipinski definition) is 6. The molecule has 0 aliphatic rings. The van der Waals surface area contributed by atoms with Crippen LogP contribution in [0.5, 0.6) is 0 Å². The molecule has 1 N–H and O–H groups in total. The minimum Gasteiger partial charge on any atom is -0.465 e. The monoisotopic (exact) mass is 391 g/mol. The first-order valence-corrected chi connectivity index (χ1v) is 9.86. The van der Waals surface area contributed by atoms with E-state index in [4.69, 9.17) is 4.74 Å². The number of benzene rings is 2. The van der Waals surface area contributed by atoms with Crippen LogP contribution in [0.2, 0.25) is 0 Å². The fourth-order valence-electron chi connectivity index (χ4n) is 2.35. The molecule has 2 rings (SSSR count). The zero-order chi connectivity index (χ0) is 20.0. The van der Waals surface area contributed by atoms with Gasteiger partial charge in [-0.05, 0) is 49.2 Å². The molecule has 0 saturated heterocycles. The van der Waals surface area contributed by atoms with Crippen LogP contribution in [0.1, 0.15) is 38.8 Å². The molecular formula is C19H21NO6S. The second-order valence-corrected chi connectivity index (χ2v) is 7.52. The molecule has 0 unspecified atom stereocenters. The van der Waals surface area contributed by atoms with Gasteiger partial charge in [0.05, 0.1) is 36.3 Å². The summed E-state index contributed by atoms with van der Waals surface area (Å²) in [5, 5.41) is 0. The quantitative estimate of drug-likeness (QED) is 0.729. The van der Waals surface area contributed by atoms with E-state index in [2.05, 4.69) is 9.46 Å². The van der Waals surface area contributed by atoms with Crippen LogP contribution in [0, 0.1) is 6.92 Å². The SMILES string of the molecule is CCOC(=O)c1ccc(C)c(NS(=O)(=O)Cc2ccc(C(=O)OC)cc2)c1. The maximum Gasteiger partial charge on any atom is 0.338 e. The van der Waals surface area contributed by atoms with Crippen LogP contribution in [0.15, 0.2) is 42.5 Å². The van der Waals surface area contributed by atoms with Crippen LogP contribution in [-0.2, 0) is 25.2 Å². The van der Waals surface area contributed by atoms with E-state index in [0.717, 1.165) is 0 Å². The van der Waals surface area contributed by atoms with Crippen LogP contribution < -0.4 is 4.72 Å². The van der Waals surface area contributed by atoms with Crippen molar-refractivity contribution in [2.24, 2.45) is 0 Å². The van der Waals surface area contributed by atoms with Gasteiger partial charge in [0, 0.05) is 0 Å². The average Bonchev–Trinajstić information content (AvgIpc) is 2.63. The van der Waals surface area contributed by atoms with Crippen LogP contribution in [-0.4, -0.2) is 34.1 Å². The Balaban J connectivity index is 2.17. The van der Waals surface area contributed by atoms with Crippen molar-refractivity contribution < 1.29 is 27.5 Å². The molecule has 144 valence electrons. The van der Waals surface area contributed by atoms with Gasteiger partial charge in [0.2, 0.25) is 10.0 Å². The summed E-state index contributed by atoms with van der Waals surface area (Å²) in [5.74, 6) is -1.29. The normalized spacial score (nSPS) is 10.9. The number of ether oxygens (including phenoxy) is 2. The molecule has 2 aromatic carbocycles. The van der Waals surface area contributed by atoms with Crippen LogP contribution in [0.4, 0.5) is 5.69 Å². The summed E-state index contributed by atoms with van der Waals surface area (Å²) >= 11 is 0. The molecule has 0 bridgehead atoms. The van der Waals surface area contributed by atoms with E-state index >= 15 is 0 Å². The predicted octanol–water partition coefficient (Wildman–Crippen LogP) is 2.90. The maximum absolute atomic E-state index is 12.5. The predicted molar refractivity (Wildman–Crippen MR) is 101 cm³/mol. The van der Waals surface area contributed by atoms with Crippen molar-refractivity contribution in [2.45, 2.75) is 19.6 Å². The van der Waals surface area contributed by atoms with Gasteiger partial charge < -0.3 is 9.47 Å². The largest absolute Gasteiger partial charge is 0.465 e. The first kappa shape index (κ1) is 20.4. The highest BCUT2D eigenvalue weighted by Gasteiger charge is 2.16. The molecule has 0 saturated carbocycles. The lowest BCUT2D eigenvalue weighted by atomic mass is 10.1. The Kier molecular flexibility index (Phi) is 6.57. The fourth-order valence-corrected chi connectivity index (χ4v) is 3.61. The number of carbonyl (C=O) groups excluding carboxylic acids is 2. The molecule has 0 spiro atoms. The number of methoxy groups -OCH3 is 1. The summed E-state index contributed by atoms with van der Waals surface area (Å²) in [5.41, 5.74) is 2.10. The lowest BCUT2D eigenvalue weighted by molar-refractivity contribution is 0.0525. The molecule has 0 fully saturated rings. The first-order chi connectivity index (χ1) is 12.8. The molecule has 0 amide bonds. The second kappa shape index (κ2) is 8.68. The van der Waals surface area contributed by atoms with Crippen LogP contribution in [0.3, 0.4) is 0 Å². The van der Waals surface area contributed by atoms with Gasteiger partial charge in [0.15, 0.2) is 0 Å². The fraction of sp³-hybridized carbons (Fsp3) is 0.263. The second-order valence-electron chi connectivity index (χ2n) is 5.80. The van der Waals surface area contributed by atoms with E-state index in [-0.39, 0.29) is 17.9 Å². The van der Waals surface area contributed by atoms with Gasteiger partial charge in [0.1, 0.15) is 0 Å². The maximum atomic E-state index is 12.5. The zero-order valence-corrected chi connectivity index (χ0v) is 16.1. The Morgan fingerprint density at radius 1 is 1.00 bits per heavy atom. The minimum atomic E-state index is -3.72. The molecule has 8 heteroatoms. The van der Waals surface area contributed by atoms with Crippen molar-refractivity contribution >= 4 is 27.6 Å². The van der Waals surface area contributed by atoms with Crippen molar-refractivity contribution in [3.8, 4) is 0 Å². The number of rotatable bonds is 7. The number of aryl methyl sites for hydroxylation is 1. The smallest absolute Gasteiger partial charge is 0.338 e. The highest BCUT2D eigenvalue weighted by Crippen LogP contribution is 2.20. The number of nitrogens with one attached hydrogen (secondary N) is 1. The number of esters is 2. The molecule has 0 heterocycles. The van der Waals surface area contributed by atoms with E-state index < -0.39 is 22.0 Å². The molecule has 0 aliphatic heterocycles. The standard InChI is InChI=1S/C19H21NO6S/c1-4-26-19(22)16-8-5-13(2)17(11-16)20-27(23,24)12-14-6-9-15(10-7-14)18(21)25-3/h5-11,20H,4,12H2,1-3H3. The van der Waals surface area contributed by atoms with Gasteiger partial charge in [-0.1, -0.05) is 18.2 Å². The number of sulfonamides is 1. The average molecular weight is 391 g/mol. The third-order valence-electron chi connectivity index (χ3n) is 3.75. The lowest BCUT2D eigenvalue weighted by Crippen LogP contribution is -2.16. The van der Waals surface area contributed by atoms with E-state index in [1.165, 1.54) is 25.3 Å².